The number of amides is 1. The molecule has 3 rings (SSSR count). The summed E-state index contributed by atoms with van der Waals surface area (Å²) in [7, 11) is 3.15. The van der Waals surface area contributed by atoms with Gasteiger partial charge in [0.05, 0.1) is 32.5 Å². The van der Waals surface area contributed by atoms with Crippen molar-refractivity contribution >= 4 is 23.1 Å². The molecule has 0 aliphatic carbocycles. The third-order valence-corrected chi connectivity index (χ3v) is 4.50. The van der Waals surface area contributed by atoms with E-state index in [-0.39, 0.29) is 12.3 Å². The Morgan fingerprint density at radius 3 is 2.41 bits per heavy atom. The molecule has 0 saturated heterocycles. The summed E-state index contributed by atoms with van der Waals surface area (Å²) in [5.41, 5.74) is 5.10. The largest absolute Gasteiger partial charge is 0.493 e. The summed E-state index contributed by atoms with van der Waals surface area (Å²) in [6.07, 6.45) is 1.91. The van der Waals surface area contributed by atoms with E-state index in [0.29, 0.717) is 17.3 Å². The standard InChI is InChI=1S/C23H25N3O3/c1-15-5-8-19(16(2)11-15)25-18-7-10-22(24-14-18)26-23(27)13-17-6-9-20(28-3)21(12-17)29-4/h5-12,14,25H,13H2,1-4H3,(H,24,26,27). The van der Waals surface area contributed by atoms with Gasteiger partial charge < -0.3 is 20.1 Å². The molecule has 0 aliphatic heterocycles. The van der Waals surface area contributed by atoms with Gasteiger partial charge in [-0.3, -0.25) is 4.79 Å². The second-order valence-electron chi connectivity index (χ2n) is 6.79. The molecular formula is C23H25N3O3. The SMILES string of the molecule is COc1ccc(CC(=O)Nc2ccc(Nc3ccc(C)cc3C)cn2)cc1OC. The molecule has 1 amide bonds. The first-order valence-corrected chi connectivity index (χ1v) is 9.29. The van der Waals surface area contributed by atoms with Crippen molar-refractivity contribution in [3.05, 3.63) is 71.4 Å². The summed E-state index contributed by atoms with van der Waals surface area (Å²) in [5.74, 6) is 1.57. The summed E-state index contributed by atoms with van der Waals surface area (Å²) in [5, 5.41) is 6.16. The van der Waals surface area contributed by atoms with Crippen molar-refractivity contribution in [2.75, 3.05) is 24.9 Å². The second kappa shape index (κ2) is 9.10. The van der Waals surface area contributed by atoms with Crippen molar-refractivity contribution in [3.63, 3.8) is 0 Å². The molecule has 2 aromatic carbocycles. The van der Waals surface area contributed by atoms with Crippen LogP contribution in [0.5, 0.6) is 11.5 Å². The number of hydrogen-bond acceptors (Lipinski definition) is 5. The lowest BCUT2D eigenvalue weighted by Gasteiger charge is -2.11. The highest BCUT2D eigenvalue weighted by atomic mass is 16.5. The Morgan fingerprint density at radius 1 is 0.966 bits per heavy atom. The van der Waals surface area contributed by atoms with Gasteiger partial charge in [-0.2, -0.15) is 0 Å². The molecule has 0 fully saturated rings. The van der Waals surface area contributed by atoms with E-state index in [1.54, 1.807) is 38.6 Å². The van der Waals surface area contributed by atoms with Gasteiger partial charge in [0.1, 0.15) is 5.82 Å². The molecule has 3 aromatic rings. The molecule has 0 bridgehead atoms. The van der Waals surface area contributed by atoms with Crippen LogP contribution in [0.1, 0.15) is 16.7 Å². The Kier molecular flexibility index (Phi) is 6.34. The predicted octanol–water partition coefficient (Wildman–Crippen LogP) is 4.64. The number of benzene rings is 2. The number of nitrogens with one attached hydrogen (secondary N) is 2. The van der Waals surface area contributed by atoms with Crippen molar-refractivity contribution in [2.24, 2.45) is 0 Å². The third-order valence-electron chi connectivity index (χ3n) is 4.50. The molecule has 0 unspecified atom stereocenters. The summed E-state index contributed by atoms with van der Waals surface area (Å²) in [6.45, 7) is 4.13. The maximum absolute atomic E-state index is 12.3. The number of carbonyl (C=O) groups excluding carboxylic acids is 1. The fourth-order valence-corrected chi connectivity index (χ4v) is 3.01. The van der Waals surface area contributed by atoms with Crippen molar-refractivity contribution in [1.29, 1.82) is 0 Å². The number of carbonyl (C=O) groups is 1. The van der Waals surface area contributed by atoms with Crippen LogP contribution in [0.3, 0.4) is 0 Å². The first-order chi connectivity index (χ1) is 14.0. The molecule has 0 aliphatic rings. The van der Waals surface area contributed by atoms with E-state index in [0.717, 1.165) is 22.5 Å². The summed E-state index contributed by atoms with van der Waals surface area (Å²) in [4.78, 5) is 16.7. The molecule has 0 atom stereocenters. The monoisotopic (exact) mass is 391 g/mol. The second-order valence-corrected chi connectivity index (χ2v) is 6.79. The Labute approximate surface area is 170 Å². The Bertz CT molecular complexity index is 1000. The van der Waals surface area contributed by atoms with Crippen LogP contribution >= 0.6 is 0 Å². The van der Waals surface area contributed by atoms with Gasteiger partial charge >= 0.3 is 0 Å². The van der Waals surface area contributed by atoms with Gasteiger partial charge in [-0.25, -0.2) is 4.98 Å². The average Bonchev–Trinajstić information content (AvgIpc) is 2.71. The summed E-state index contributed by atoms with van der Waals surface area (Å²) >= 11 is 0. The number of rotatable bonds is 7. The van der Waals surface area contributed by atoms with Gasteiger partial charge in [-0.1, -0.05) is 23.8 Å². The van der Waals surface area contributed by atoms with Crippen molar-refractivity contribution in [1.82, 2.24) is 4.98 Å². The molecule has 0 saturated carbocycles. The molecule has 6 heteroatoms. The highest BCUT2D eigenvalue weighted by Crippen LogP contribution is 2.28. The smallest absolute Gasteiger partial charge is 0.229 e. The quantitative estimate of drug-likeness (QED) is 0.614. The van der Waals surface area contributed by atoms with Crippen LogP contribution in [-0.4, -0.2) is 25.1 Å². The van der Waals surface area contributed by atoms with Crippen LogP contribution in [0.25, 0.3) is 0 Å². The minimum atomic E-state index is -0.153. The first kappa shape index (κ1) is 20.2. The highest BCUT2D eigenvalue weighted by molar-refractivity contribution is 5.91. The fourth-order valence-electron chi connectivity index (χ4n) is 3.01. The summed E-state index contributed by atoms with van der Waals surface area (Å²) < 4.78 is 10.5. The molecule has 1 aromatic heterocycles. The summed E-state index contributed by atoms with van der Waals surface area (Å²) in [6, 6.07) is 15.3. The van der Waals surface area contributed by atoms with Crippen LogP contribution in [0.15, 0.2) is 54.7 Å². The number of aryl methyl sites for hydroxylation is 2. The van der Waals surface area contributed by atoms with Gasteiger partial charge in [0.15, 0.2) is 11.5 Å². The lowest BCUT2D eigenvalue weighted by molar-refractivity contribution is -0.115. The maximum Gasteiger partial charge on any atom is 0.229 e. The minimum absolute atomic E-state index is 0.153. The lowest BCUT2D eigenvalue weighted by Crippen LogP contribution is -2.15. The van der Waals surface area contributed by atoms with E-state index in [4.69, 9.17) is 9.47 Å². The number of hydrogen-bond donors (Lipinski definition) is 2. The van der Waals surface area contributed by atoms with Crippen molar-refractivity contribution in [2.45, 2.75) is 20.3 Å². The van der Waals surface area contributed by atoms with Gasteiger partial charge in [0.2, 0.25) is 5.91 Å². The van der Waals surface area contributed by atoms with E-state index in [1.165, 1.54) is 5.56 Å². The van der Waals surface area contributed by atoms with Gasteiger partial charge in [-0.15, -0.1) is 0 Å². The number of pyridine rings is 1. The number of methoxy groups -OCH3 is 2. The minimum Gasteiger partial charge on any atom is -0.493 e. The molecule has 6 nitrogen and oxygen atoms in total. The topological polar surface area (TPSA) is 72.5 Å². The zero-order valence-corrected chi connectivity index (χ0v) is 17.1. The normalized spacial score (nSPS) is 10.3. The van der Waals surface area contributed by atoms with E-state index >= 15 is 0 Å². The van der Waals surface area contributed by atoms with Crippen LogP contribution in [-0.2, 0) is 11.2 Å². The average molecular weight is 391 g/mol. The van der Waals surface area contributed by atoms with E-state index in [9.17, 15) is 4.79 Å². The van der Waals surface area contributed by atoms with E-state index < -0.39 is 0 Å². The number of ether oxygens (including phenoxy) is 2. The van der Waals surface area contributed by atoms with E-state index in [1.807, 2.05) is 18.2 Å². The first-order valence-electron chi connectivity index (χ1n) is 9.29. The molecule has 2 N–H and O–H groups in total. The number of aromatic nitrogens is 1. The molecule has 150 valence electrons. The Morgan fingerprint density at radius 2 is 1.76 bits per heavy atom. The Hall–Kier alpha value is -3.54. The number of nitrogens with zero attached hydrogens (tertiary/aromatic N) is 1. The predicted molar refractivity (Wildman–Crippen MR) is 115 cm³/mol. The molecular weight excluding hydrogens is 366 g/mol. The molecule has 1 heterocycles. The van der Waals surface area contributed by atoms with Crippen LogP contribution in [0.2, 0.25) is 0 Å². The van der Waals surface area contributed by atoms with Gasteiger partial charge in [0, 0.05) is 5.69 Å². The van der Waals surface area contributed by atoms with E-state index in [2.05, 4.69) is 41.6 Å². The van der Waals surface area contributed by atoms with Crippen molar-refractivity contribution in [3.8, 4) is 11.5 Å². The molecule has 0 radical (unpaired) electrons. The Balaban J connectivity index is 1.61. The van der Waals surface area contributed by atoms with Crippen LogP contribution < -0.4 is 20.1 Å². The van der Waals surface area contributed by atoms with Crippen LogP contribution in [0, 0.1) is 13.8 Å². The fraction of sp³-hybridized carbons (Fsp3) is 0.217. The highest BCUT2D eigenvalue weighted by Gasteiger charge is 2.09. The van der Waals surface area contributed by atoms with Crippen LogP contribution in [0.4, 0.5) is 17.2 Å². The van der Waals surface area contributed by atoms with Gasteiger partial charge in [-0.05, 0) is 55.3 Å². The molecule has 29 heavy (non-hydrogen) atoms. The number of anilines is 3. The van der Waals surface area contributed by atoms with Crippen molar-refractivity contribution < 1.29 is 14.3 Å². The zero-order valence-electron chi connectivity index (χ0n) is 17.1. The van der Waals surface area contributed by atoms with Gasteiger partial charge in [0.25, 0.3) is 0 Å². The zero-order chi connectivity index (χ0) is 20.8. The molecule has 0 spiro atoms. The third kappa shape index (κ3) is 5.25. The maximum atomic E-state index is 12.3. The lowest BCUT2D eigenvalue weighted by atomic mass is 10.1.